The van der Waals surface area contributed by atoms with Gasteiger partial charge in [-0.2, -0.15) is 0 Å². The second-order valence-corrected chi connectivity index (χ2v) is 2.38. The highest BCUT2D eigenvalue weighted by Gasteiger charge is 2.01. The van der Waals surface area contributed by atoms with Crippen molar-refractivity contribution in [2.45, 2.75) is 6.92 Å². The van der Waals surface area contributed by atoms with Gasteiger partial charge in [0.05, 0.1) is 6.57 Å². The smallest absolute Gasteiger partial charge is 0.254 e. The number of rotatable bonds is 1. The van der Waals surface area contributed by atoms with Crippen LogP contribution in [0.3, 0.4) is 0 Å². The number of nitrogens with one attached hydrogen (secondary N) is 1. The minimum absolute atomic E-state index is 0.107. The number of hydrogen-bond donors (Lipinski definition) is 1. The second-order valence-electron chi connectivity index (χ2n) is 2.38. The maximum Gasteiger partial charge on any atom is 0.254 e. The Bertz CT molecular complexity index is 410. The summed E-state index contributed by atoms with van der Waals surface area (Å²) in [5, 5.41) is 0. The molecule has 0 saturated carbocycles. The van der Waals surface area contributed by atoms with E-state index >= 15 is 0 Å². The zero-order valence-electron chi connectivity index (χ0n) is 6.72. The topological polar surface area (TPSA) is 37.2 Å². The number of aromatic amines is 1. The van der Waals surface area contributed by atoms with Crippen LogP contribution in [0.5, 0.6) is 0 Å². The molecule has 1 N–H and O–H groups in total. The van der Waals surface area contributed by atoms with Crippen LogP contribution >= 0.6 is 0 Å². The quantitative estimate of drug-likeness (QED) is 0.625. The molecule has 0 atom stereocenters. The van der Waals surface area contributed by atoms with Gasteiger partial charge < -0.3 is 4.98 Å². The number of pyridine rings is 1. The summed E-state index contributed by atoms with van der Waals surface area (Å²) in [5.74, 6) is 0. The Morgan fingerprint density at radius 2 is 2.42 bits per heavy atom. The highest BCUT2D eigenvalue weighted by atomic mass is 16.1. The van der Waals surface area contributed by atoms with Gasteiger partial charge in [-0.1, -0.05) is 12.7 Å². The minimum atomic E-state index is -0.340. The fraction of sp³-hybridized carbons (Fsp3) is 0.111. The van der Waals surface area contributed by atoms with Crippen molar-refractivity contribution in [2.24, 2.45) is 0 Å². The molecule has 0 unspecified atom stereocenters. The van der Waals surface area contributed by atoms with Gasteiger partial charge >= 0.3 is 0 Å². The maximum atomic E-state index is 11.0. The molecule has 0 aliphatic heterocycles. The van der Waals surface area contributed by atoms with Crippen LogP contribution in [0.25, 0.3) is 10.9 Å². The summed E-state index contributed by atoms with van der Waals surface area (Å²) < 4.78 is 0. The van der Waals surface area contributed by atoms with Crippen molar-refractivity contribution in [1.29, 1.82) is 0 Å². The highest BCUT2D eigenvalue weighted by molar-refractivity contribution is 5.57. The van der Waals surface area contributed by atoms with E-state index in [-0.39, 0.29) is 11.2 Å². The molecule has 0 amide bonds. The lowest BCUT2D eigenvalue weighted by atomic mass is 10.2. The molecule has 1 heterocycles. The van der Waals surface area contributed by atoms with Crippen molar-refractivity contribution in [3.05, 3.63) is 45.7 Å². The van der Waals surface area contributed by atoms with Crippen LogP contribution < -0.4 is 5.56 Å². The molecule has 0 radical (unpaired) electrons. The number of nitrogens with zero attached hydrogens (tertiary/aromatic N) is 1. The first-order valence-electron chi connectivity index (χ1n) is 3.43. The summed E-state index contributed by atoms with van der Waals surface area (Å²) in [6.45, 7) is 12.0. The van der Waals surface area contributed by atoms with Crippen molar-refractivity contribution in [3.63, 3.8) is 0 Å². The molecule has 12 heavy (non-hydrogen) atoms. The van der Waals surface area contributed by atoms with E-state index in [1.807, 2.05) is 0 Å². The van der Waals surface area contributed by atoms with Crippen LogP contribution in [0, 0.1) is 13.5 Å². The summed E-state index contributed by atoms with van der Waals surface area (Å²) in [6.07, 6.45) is 1.61. The molecule has 0 aliphatic rings. The summed E-state index contributed by atoms with van der Waals surface area (Å²) >= 11 is 0. The van der Waals surface area contributed by atoms with Gasteiger partial charge in [-0.05, 0) is 18.6 Å². The Morgan fingerprint density at radius 3 is 2.92 bits per heavy atom. The van der Waals surface area contributed by atoms with Crippen LogP contribution in [-0.4, -0.2) is 4.98 Å². The van der Waals surface area contributed by atoms with E-state index in [1.54, 1.807) is 13.0 Å². The number of H-pyrrole nitrogens is 1. The Balaban J connectivity index is 3.50. The lowest BCUT2D eigenvalue weighted by Crippen LogP contribution is -2.06. The Kier molecular flexibility index (Phi) is 2.11. The molecule has 0 spiro atoms. The van der Waals surface area contributed by atoms with Crippen molar-refractivity contribution in [3.8, 4) is 0 Å². The van der Waals surface area contributed by atoms with E-state index in [9.17, 15) is 4.79 Å². The summed E-state index contributed by atoms with van der Waals surface area (Å²) in [6, 6.07) is 1.54. The van der Waals surface area contributed by atoms with Gasteiger partial charge in [0.1, 0.15) is 0 Å². The van der Waals surface area contributed by atoms with Gasteiger partial charge in [-0.15, -0.1) is 0 Å². The zero-order chi connectivity index (χ0) is 9.14. The monoisotopic (exact) mass is 160 g/mol. The van der Waals surface area contributed by atoms with E-state index in [0.29, 0.717) is 0 Å². The molecule has 60 valence electrons. The van der Waals surface area contributed by atoms with Crippen molar-refractivity contribution < 1.29 is 0 Å². The summed E-state index contributed by atoms with van der Waals surface area (Å²) in [4.78, 5) is 16.7. The molecule has 0 saturated heterocycles. The van der Waals surface area contributed by atoms with E-state index in [1.165, 1.54) is 6.07 Å². The molecule has 0 bridgehead atoms. The average Bonchev–Trinajstić information content (AvgIpc) is 2.05. The average molecular weight is 160 g/mol. The van der Waals surface area contributed by atoms with Gasteiger partial charge in [-0.3, -0.25) is 4.79 Å². The predicted octanol–water partition coefficient (Wildman–Crippen LogP) is 1.88. The van der Waals surface area contributed by atoms with Crippen LogP contribution in [0.1, 0.15) is 11.3 Å². The van der Waals surface area contributed by atoms with E-state index in [0.717, 1.165) is 11.3 Å². The Hall–Kier alpha value is -1.82. The fourth-order valence-corrected chi connectivity index (χ4v) is 0.923. The summed E-state index contributed by atoms with van der Waals surface area (Å²) in [7, 11) is 0. The van der Waals surface area contributed by atoms with Gasteiger partial charge in [-0.25, -0.2) is 4.85 Å². The molecule has 0 aliphatic carbocycles. The standard InChI is InChI=1S/C9H8N2O/c1-4-7-5-8(10-3)9(12)11-6(7)2/h4-5H,1H2,2H3,(H,11,12). The largest absolute Gasteiger partial charge is 0.335 e. The molecule has 3 nitrogen and oxygen atoms in total. The molecule has 3 heteroatoms. The van der Waals surface area contributed by atoms with Crippen molar-refractivity contribution in [1.82, 2.24) is 4.98 Å². The van der Waals surface area contributed by atoms with E-state index in [2.05, 4.69) is 16.4 Å². The van der Waals surface area contributed by atoms with E-state index in [4.69, 9.17) is 6.57 Å². The molecular weight excluding hydrogens is 152 g/mol. The molecule has 1 aromatic rings. The van der Waals surface area contributed by atoms with Gasteiger partial charge in [0, 0.05) is 5.69 Å². The van der Waals surface area contributed by atoms with E-state index < -0.39 is 0 Å². The Morgan fingerprint density at radius 1 is 1.75 bits per heavy atom. The summed E-state index contributed by atoms with van der Waals surface area (Å²) in [5.41, 5.74) is 1.30. The molecule has 1 aromatic heterocycles. The Labute approximate surface area is 70.2 Å². The third-order valence-electron chi connectivity index (χ3n) is 1.60. The van der Waals surface area contributed by atoms with Crippen LogP contribution in [-0.2, 0) is 0 Å². The van der Waals surface area contributed by atoms with Crippen LogP contribution in [0.4, 0.5) is 5.69 Å². The SMILES string of the molecule is [C-]#[N+]c1cc(C=C)c(C)[nH]c1=O. The molecule has 1 rings (SSSR count). The first-order valence-corrected chi connectivity index (χ1v) is 3.43. The minimum Gasteiger partial charge on any atom is -0.335 e. The van der Waals surface area contributed by atoms with Gasteiger partial charge in [0.2, 0.25) is 0 Å². The molecular formula is C9H8N2O. The highest BCUT2D eigenvalue weighted by Crippen LogP contribution is 2.11. The molecule has 0 fully saturated rings. The lowest BCUT2D eigenvalue weighted by molar-refractivity contribution is 1.14. The second kappa shape index (κ2) is 3.05. The fourth-order valence-electron chi connectivity index (χ4n) is 0.923. The number of hydrogen-bond acceptors (Lipinski definition) is 1. The maximum absolute atomic E-state index is 11.0. The first kappa shape index (κ1) is 8.28. The number of aromatic nitrogens is 1. The number of aryl methyl sites for hydroxylation is 1. The predicted molar refractivity (Wildman–Crippen MR) is 48.2 cm³/mol. The van der Waals surface area contributed by atoms with Crippen LogP contribution in [0.15, 0.2) is 17.4 Å². The van der Waals surface area contributed by atoms with Crippen molar-refractivity contribution >= 4 is 11.8 Å². The van der Waals surface area contributed by atoms with Crippen LogP contribution in [0.2, 0.25) is 0 Å². The zero-order valence-corrected chi connectivity index (χ0v) is 6.72. The third kappa shape index (κ3) is 1.28. The first-order chi connectivity index (χ1) is 5.69. The van der Waals surface area contributed by atoms with Crippen molar-refractivity contribution in [2.75, 3.05) is 0 Å². The molecule has 0 aromatic carbocycles. The lowest BCUT2D eigenvalue weighted by Gasteiger charge is -1.98. The van der Waals surface area contributed by atoms with Gasteiger partial charge in [0.25, 0.3) is 11.2 Å². The normalized spacial score (nSPS) is 9.00. The van der Waals surface area contributed by atoms with Gasteiger partial charge in [0.15, 0.2) is 0 Å². The third-order valence-corrected chi connectivity index (χ3v) is 1.60.